The predicted octanol–water partition coefficient (Wildman–Crippen LogP) is 9.59. The molecule has 4 unspecified atom stereocenters. The molecular formula is C31H43FO. The summed E-state index contributed by atoms with van der Waals surface area (Å²) in [6.45, 7) is 4.64. The van der Waals surface area contributed by atoms with Gasteiger partial charge in [0.25, 0.3) is 0 Å². The quantitative estimate of drug-likeness (QED) is 0.258. The Morgan fingerprint density at radius 2 is 1.76 bits per heavy atom. The van der Waals surface area contributed by atoms with Crippen LogP contribution in [0, 0.1) is 23.6 Å². The molecule has 0 amide bonds. The lowest BCUT2D eigenvalue weighted by Crippen LogP contribution is -2.30. The summed E-state index contributed by atoms with van der Waals surface area (Å²) in [5.41, 5.74) is 1.40. The molecule has 0 aliphatic heterocycles. The van der Waals surface area contributed by atoms with Gasteiger partial charge >= 0.3 is 0 Å². The lowest BCUT2D eigenvalue weighted by atomic mass is 9.63. The van der Waals surface area contributed by atoms with Crippen LogP contribution in [0.2, 0.25) is 0 Å². The van der Waals surface area contributed by atoms with Gasteiger partial charge in [0.15, 0.2) is 11.6 Å². The molecular weight excluding hydrogens is 407 g/mol. The first-order valence-corrected chi connectivity index (χ1v) is 13.7. The maximum absolute atomic E-state index is 14.9. The molecule has 2 aromatic carbocycles. The SMILES string of the molecule is CC=CCOc1ccc2cc(C3CCC4CC(CCCCCCC)CCC4C3)ccc2c1F. The Morgan fingerprint density at radius 1 is 0.939 bits per heavy atom. The minimum Gasteiger partial charge on any atom is -0.486 e. The fourth-order valence-corrected chi connectivity index (χ4v) is 6.48. The van der Waals surface area contributed by atoms with E-state index in [2.05, 4.69) is 19.1 Å². The van der Waals surface area contributed by atoms with E-state index in [0.29, 0.717) is 23.7 Å². The zero-order valence-corrected chi connectivity index (χ0v) is 20.8. The Balaban J connectivity index is 1.33. The molecule has 180 valence electrons. The van der Waals surface area contributed by atoms with Crippen LogP contribution in [0.25, 0.3) is 10.8 Å². The summed E-state index contributed by atoms with van der Waals surface area (Å²) in [7, 11) is 0. The van der Waals surface area contributed by atoms with Crippen LogP contribution in [0.1, 0.15) is 102 Å². The number of benzene rings is 2. The standard InChI is InChI=1S/C31H43FO/c1-3-5-7-8-9-10-23-11-12-25-21-26(14-13-24(25)20-23)27-15-17-29-28(22-27)16-18-30(31(29)32)33-19-6-4-2/h4,6,15-18,22-26H,3,5,7-14,19-21H2,1-2H3. The van der Waals surface area contributed by atoms with Crippen molar-refractivity contribution in [1.29, 1.82) is 0 Å². The highest BCUT2D eigenvalue weighted by atomic mass is 19.1. The number of hydrogen-bond donors (Lipinski definition) is 0. The molecule has 4 rings (SSSR count). The molecule has 0 spiro atoms. The largest absolute Gasteiger partial charge is 0.486 e. The van der Waals surface area contributed by atoms with Crippen LogP contribution in [0.5, 0.6) is 5.75 Å². The normalized spacial score (nSPS) is 25.4. The zero-order valence-electron chi connectivity index (χ0n) is 20.8. The van der Waals surface area contributed by atoms with Crippen molar-refractivity contribution in [2.45, 2.75) is 96.8 Å². The summed E-state index contributed by atoms with van der Waals surface area (Å²) in [5.74, 6) is 3.57. The average molecular weight is 451 g/mol. The molecule has 33 heavy (non-hydrogen) atoms. The molecule has 0 heterocycles. The molecule has 2 fully saturated rings. The number of unbranched alkanes of at least 4 members (excludes halogenated alkanes) is 4. The van der Waals surface area contributed by atoms with Crippen molar-refractivity contribution in [1.82, 2.24) is 0 Å². The van der Waals surface area contributed by atoms with Gasteiger partial charge in [-0.05, 0) is 79.7 Å². The van der Waals surface area contributed by atoms with Gasteiger partial charge in [0.2, 0.25) is 0 Å². The summed E-state index contributed by atoms with van der Waals surface area (Å²) >= 11 is 0. The summed E-state index contributed by atoms with van der Waals surface area (Å²) in [6, 6.07) is 10.2. The zero-order chi connectivity index (χ0) is 23.0. The third-order valence-electron chi connectivity index (χ3n) is 8.42. The summed E-state index contributed by atoms with van der Waals surface area (Å²) < 4.78 is 20.5. The molecule has 0 radical (unpaired) electrons. The van der Waals surface area contributed by atoms with Gasteiger partial charge in [0, 0.05) is 5.39 Å². The topological polar surface area (TPSA) is 9.23 Å². The number of fused-ring (bicyclic) bond motifs is 2. The molecule has 2 aliphatic rings. The van der Waals surface area contributed by atoms with Gasteiger partial charge < -0.3 is 4.74 Å². The molecule has 0 N–H and O–H groups in total. The maximum Gasteiger partial charge on any atom is 0.172 e. The van der Waals surface area contributed by atoms with Gasteiger partial charge in [-0.2, -0.15) is 0 Å². The second kappa shape index (κ2) is 12.0. The van der Waals surface area contributed by atoms with Crippen molar-refractivity contribution >= 4 is 10.8 Å². The molecule has 2 saturated carbocycles. The first kappa shape index (κ1) is 24.3. The lowest BCUT2D eigenvalue weighted by molar-refractivity contribution is 0.113. The summed E-state index contributed by atoms with van der Waals surface area (Å²) in [5, 5.41) is 1.67. The Morgan fingerprint density at radius 3 is 2.61 bits per heavy atom. The molecule has 2 aromatic rings. The van der Waals surface area contributed by atoms with E-state index in [1.165, 1.54) is 82.6 Å². The van der Waals surface area contributed by atoms with E-state index in [4.69, 9.17) is 4.74 Å². The van der Waals surface area contributed by atoms with Crippen LogP contribution in [0.4, 0.5) is 4.39 Å². The van der Waals surface area contributed by atoms with E-state index < -0.39 is 0 Å². The Kier molecular flexibility index (Phi) is 8.87. The second-order valence-electron chi connectivity index (χ2n) is 10.7. The van der Waals surface area contributed by atoms with Crippen molar-refractivity contribution in [3.63, 3.8) is 0 Å². The van der Waals surface area contributed by atoms with Gasteiger partial charge in [-0.25, -0.2) is 4.39 Å². The van der Waals surface area contributed by atoms with E-state index in [1.54, 1.807) is 6.07 Å². The summed E-state index contributed by atoms with van der Waals surface area (Å²) in [6.07, 6.45) is 20.7. The van der Waals surface area contributed by atoms with Crippen LogP contribution >= 0.6 is 0 Å². The monoisotopic (exact) mass is 450 g/mol. The third-order valence-corrected chi connectivity index (χ3v) is 8.42. The van der Waals surface area contributed by atoms with Crippen LogP contribution in [0.3, 0.4) is 0 Å². The minimum atomic E-state index is -0.236. The Bertz CT molecular complexity index is 917. The Hall–Kier alpha value is -1.83. The molecule has 0 bridgehead atoms. The minimum absolute atomic E-state index is 0.236. The van der Waals surface area contributed by atoms with Gasteiger partial charge in [-0.1, -0.05) is 88.3 Å². The first-order chi connectivity index (χ1) is 16.2. The number of rotatable bonds is 10. The fraction of sp³-hybridized carbons (Fsp3) is 0.613. The number of ether oxygens (including phenoxy) is 1. The third kappa shape index (κ3) is 6.19. The molecule has 0 saturated heterocycles. The van der Waals surface area contributed by atoms with Crippen molar-refractivity contribution < 1.29 is 9.13 Å². The number of halogens is 1. The van der Waals surface area contributed by atoms with E-state index in [0.717, 1.165) is 23.1 Å². The number of hydrogen-bond acceptors (Lipinski definition) is 1. The van der Waals surface area contributed by atoms with Crippen LogP contribution in [0.15, 0.2) is 42.5 Å². The van der Waals surface area contributed by atoms with Gasteiger partial charge in [0.1, 0.15) is 6.61 Å². The molecule has 2 aliphatic carbocycles. The van der Waals surface area contributed by atoms with Crippen LogP contribution in [-0.4, -0.2) is 6.61 Å². The van der Waals surface area contributed by atoms with Gasteiger partial charge in [0.05, 0.1) is 0 Å². The van der Waals surface area contributed by atoms with Gasteiger partial charge in [-0.3, -0.25) is 0 Å². The lowest BCUT2D eigenvalue weighted by Gasteiger charge is -2.42. The molecule has 0 aromatic heterocycles. The van der Waals surface area contributed by atoms with Gasteiger partial charge in [-0.15, -0.1) is 0 Å². The van der Waals surface area contributed by atoms with Crippen molar-refractivity contribution in [2.24, 2.45) is 17.8 Å². The maximum atomic E-state index is 14.9. The fourth-order valence-electron chi connectivity index (χ4n) is 6.48. The van der Waals surface area contributed by atoms with E-state index in [9.17, 15) is 4.39 Å². The molecule has 4 atom stereocenters. The van der Waals surface area contributed by atoms with E-state index >= 15 is 0 Å². The van der Waals surface area contributed by atoms with Crippen LogP contribution in [-0.2, 0) is 0 Å². The van der Waals surface area contributed by atoms with E-state index in [-0.39, 0.29) is 5.82 Å². The smallest absolute Gasteiger partial charge is 0.172 e. The van der Waals surface area contributed by atoms with Crippen molar-refractivity contribution in [2.75, 3.05) is 6.61 Å². The second-order valence-corrected chi connectivity index (χ2v) is 10.7. The van der Waals surface area contributed by atoms with Crippen molar-refractivity contribution in [3.8, 4) is 5.75 Å². The molecule has 1 nitrogen and oxygen atoms in total. The predicted molar refractivity (Wildman–Crippen MR) is 139 cm³/mol. The average Bonchev–Trinajstić information content (AvgIpc) is 2.85. The van der Waals surface area contributed by atoms with Crippen LogP contribution < -0.4 is 4.74 Å². The highest BCUT2D eigenvalue weighted by Gasteiger charge is 2.35. The first-order valence-electron chi connectivity index (χ1n) is 13.7. The highest BCUT2D eigenvalue weighted by molar-refractivity contribution is 5.85. The Labute approximate surface area is 200 Å². The number of allylic oxidation sites excluding steroid dienone is 1. The van der Waals surface area contributed by atoms with Crippen molar-refractivity contribution in [3.05, 3.63) is 53.9 Å². The molecule has 2 heteroatoms. The summed E-state index contributed by atoms with van der Waals surface area (Å²) in [4.78, 5) is 0. The highest BCUT2D eigenvalue weighted by Crippen LogP contribution is 2.48. The van der Waals surface area contributed by atoms with E-state index in [1.807, 2.05) is 31.2 Å².